The van der Waals surface area contributed by atoms with E-state index < -0.39 is 36.7 Å². The number of carbonyl (C=O) groups is 1. The zero-order valence-corrected chi connectivity index (χ0v) is 11.3. The van der Waals surface area contributed by atoms with Crippen molar-refractivity contribution in [3.8, 4) is 0 Å². The van der Waals surface area contributed by atoms with Crippen molar-refractivity contribution in [2.24, 2.45) is 0 Å². The first-order chi connectivity index (χ1) is 9.30. The highest BCUT2D eigenvalue weighted by Crippen LogP contribution is 2.36. The average Bonchev–Trinajstić information content (AvgIpc) is 2.68. The first kappa shape index (κ1) is 14.8. The summed E-state index contributed by atoms with van der Waals surface area (Å²) in [5.74, 6) is -3.97. The normalized spacial score (nSPS) is 21.2. The van der Waals surface area contributed by atoms with E-state index >= 15 is 0 Å². The Morgan fingerprint density at radius 3 is 2.70 bits per heavy atom. The highest BCUT2D eigenvalue weighted by Gasteiger charge is 2.41. The van der Waals surface area contributed by atoms with Gasteiger partial charge in [0.25, 0.3) is 11.8 Å². The van der Waals surface area contributed by atoms with Crippen molar-refractivity contribution >= 4 is 5.91 Å². The smallest absolute Gasteiger partial charge is 0.262 e. The van der Waals surface area contributed by atoms with E-state index in [2.05, 4.69) is 10.6 Å². The second-order valence-electron chi connectivity index (χ2n) is 5.32. The SMILES string of the molecule is CC(C)NC(=O)c1cccc(F)c1[C@H]1CC(F)(F)CN1. The van der Waals surface area contributed by atoms with E-state index in [1.165, 1.54) is 18.2 Å². The van der Waals surface area contributed by atoms with Crippen molar-refractivity contribution in [3.05, 3.63) is 35.1 Å². The molecule has 0 spiro atoms. The minimum Gasteiger partial charge on any atom is -0.350 e. The molecule has 1 fully saturated rings. The molecule has 2 rings (SSSR count). The van der Waals surface area contributed by atoms with Crippen LogP contribution in [0.4, 0.5) is 13.2 Å². The molecule has 2 N–H and O–H groups in total. The van der Waals surface area contributed by atoms with Crippen molar-refractivity contribution in [1.29, 1.82) is 0 Å². The van der Waals surface area contributed by atoms with Gasteiger partial charge in [0.1, 0.15) is 5.82 Å². The third-order valence-electron chi connectivity index (χ3n) is 3.18. The number of alkyl halides is 2. The van der Waals surface area contributed by atoms with Gasteiger partial charge in [-0.15, -0.1) is 0 Å². The van der Waals surface area contributed by atoms with E-state index in [1.54, 1.807) is 13.8 Å². The Balaban J connectivity index is 2.35. The summed E-state index contributed by atoms with van der Waals surface area (Å²) in [6.45, 7) is 3.05. The molecule has 0 saturated carbocycles. The third-order valence-corrected chi connectivity index (χ3v) is 3.18. The molecule has 0 aliphatic carbocycles. The van der Waals surface area contributed by atoms with Crippen LogP contribution in [0.5, 0.6) is 0 Å². The van der Waals surface area contributed by atoms with E-state index in [-0.39, 0.29) is 17.2 Å². The maximum atomic E-state index is 14.0. The fourth-order valence-electron chi connectivity index (χ4n) is 2.35. The van der Waals surface area contributed by atoms with E-state index in [0.29, 0.717) is 0 Å². The third kappa shape index (κ3) is 3.12. The van der Waals surface area contributed by atoms with Crippen LogP contribution in [0.2, 0.25) is 0 Å². The van der Waals surface area contributed by atoms with Crippen molar-refractivity contribution < 1.29 is 18.0 Å². The Morgan fingerprint density at radius 2 is 2.15 bits per heavy atom. The fourth-order valence-corrected chi connectivity index (χ4v) is 2.35. The summed E-state index contributed by atoms with van der Waals surface area (Å²) >= 11 is 0. The van der Waals surface area contributed by atoms with Crippen LogP contribution in [0.3, 0.4) is 0 Å². The molecule has 1 heterocycles. The Hall–Kier alpha value is -1.56. The van der Waals surface area contributed by atoms with Gasteiger partial charge in [-0.3, -0.25) is 4.79 Å². The Labute approximate surface area is 115 Å². The van der Waals surface area contributed by atoms with Crippen molar-refractivity contribution in [3.63, 3.8) is 0 Å². The zero-order valence-electron chi connectivity index (χ0n) is 11.3. The van der Waals surface area contributed by atoms with Crippen LogP contribution in [0, 0.1) is 5.82 Å². The van der Waals surface area contributed by atoms with E-state index in [0.717, 1.165) is 0 Å². The average molecular weight is 286 g/mol. The van der Waals surface area contributed by atoms with Gasteiger partial charge in [-0.25, -0.2) is 13.2 Å². The second kappa shape index (κ2) is 5.44. The molecular weight excluding hydrogens is 269 g/mol. The van der Waals surface area contributed by atoms with Gasteiger partial charge in [0.15, 0.2) is 0 Å². The molecule has 1 aliphatic heterocycles. The lowest BCUT2D eigenvalue weighted by Crippen LogP contribution is -2.32. The molecule has 20 heavy (non-hydrogen) atoms. The minimum atomic E-state index is -2.88. The Bertz CT molecular complexity index is 517. The van der Waals surface area contributed by atoms with Gasteiger partial charge >= 0.3 is 0 Å². The number of hydrogen-bond donors (Lipinski definition) is 2. The summed E-state index contributed by atoms with van der Waals surface area (Å²) in [4.78, 5) is 12.1. The molecule has 6 heteroatoms. The molecular formula is C14H17F3N2O. The summed E-state index contributed by atoms with van der Waals surface area (Å²) in [7, 11) is 0. The maximum Gasteiger partial charge on any atom is 0.262 e. The van der Waals surface area contributed by atoms with Crippen LogP contribution in [0.1, 0.15) is 42.2 Å². The molecule has 1 atom stereocenters. The molecule has 1 amide bonds. The number of benzene rings is 1. The molecule has 3 nitrogen and oxygen atoms in total. The molecule has 1 aromatic carbocycles. The number of carbonyl (C=O) groups excluding carboxylic acids is 1. The lowest BCUT2D eigenvalue weighted by atomic mass is 9.97. The molecule has 1 aliphatic rings. The number of halogens is 3. The fraction of sp³-hybridized carbons (Fsp3) is 0.500. The van der Waals surface area contributed by atoms with Crippen molar-refractivity contribution in [1.82, 2.24) is 10.6 Å². The van der Waals surface area contributed by atoms with Gasteiger partial charge in [-0.05, 0) is 26.0 Å². The zero-order chi connectivity index (χ0) is 14.9. The van der Waals surface area contributed by atoms with Crippen LogP contribution >= 0.6 is 0 Å². The van der Waals surface area contributed by atoms with Gasteiger partial charge in [0, 0.05) is 29.6 Å². The highest BCUT2D eigenvalue weighted by atomic mass is 19.3. The number of hydrogen-bond acceptors (Lipinski definition) is 2. The molecule has 0 unspecified atom stereocenters. The summed E-state index contributed by atoms with van der Waals surface area (Å²) < 4.78 is 40.5. The first-order valence-corrected chi connectivity index (χ1v) is 6.50. The van der Waals surface area contributed by atoms with Gasteiger partial charge < -0.3 is 10.6 Å². The first-order valence-electron chi connectivity index (χ1n) is 6.50. The largest absolute Gasteiger partial charge is 0.350 e. The van der Waals surface area contributed by atoms with Gasteiger partial charge in [0.2, 0.25) is 0 Å². The molecule has 0 radical (unpaired) electrons. The van der Waals surface area contributed by atoms with Gasteiger partial charge in [0.05, 0.1) is 6.54 Å². The van der Waals surface area contributed by atoms with Gasteiger partial charge in [-0.2, -0.15) is 0 Å². The van der Waals surface area contributed by atoms with E-state index in [1.807, 2.05) is 0 Å². The Morgan fingerprint density at radius 1 is 1.45 bits per heavy atom. The predicted octanol–water partition coefficient (Wildman–Crippen LogP) is 2.63. The van der Waals surface area contributed by atoms with E-state index in [4.69, 9.17) is 0 Å². The quantitative estimate of drug-likeness (QED) is 0.897. The van der Waals surface area contributed by atoms with Crippen molar-refractivity contribution in [2.45, 2.75) is 38.3 Å². The lowest BCUT2D eigenvalue weighted by molar-refractivity contribution is 0.0209. The Kier molecular flexibility index (Phi) is 4.04. The van der Waals surface area contributed by atoms with Gasteiger partial charge in [-0.1, -0.05) is 6.07 Å². The monoisotopic (exact) mass is 286 g/mol. The standard InChI is InChI=1S/C14H17F3N2O/c1-8(2)19-13(20)9-4-3-5-10(15)12(9)11-6-14(16,17)7-18-11/h3-5,8,11,18H,6-7H2,1-2H3,(H,19,20)/t11-/m1/s1. The molecule has 1 saturated heterocycles. The summed E-state index contributed by atoms with van der Waals surface area (Å²) in [6, 6.07) is 3.07. The number of rotatable bonds is 3. The van der Waals surface area contributed by atoms with Crippen LogP contribution in [-0.4, -0.2) is 24.4 Å². The van der Waals surface area contributed by atoms with E-state index in [9.17, 15) is 18.0 Å². The molecule has 0 bridgehead atoms. The van der Waals surface area contributed by atoms with Crippen LogP contribution in [0.15, 0.2) is 18.2 Å². The minimum absolute atomic E-state index is 0.0165. The summed E-state index contributed by atoms with van der Waals surface area (Å²) in [6.07, 6.45) is -0.504. The number of nitrogens with one attached hydrogen (secondary N) is 2. The topological polar surface area (TPSA) is 41.1 Å². The summed E-state index contributed by atoms with van der Waals surface area (Å²) in [5, 5.41) is 5.23. The highest BCUT2D eigenvalue weighted by molar-refractivity contribution is 5.96. The molecule has 110 valence electrons. The second-order valence-corrected chi connectivity index (χ2v) is 5.32. The van der Waals surface area contributed by atoms with Crippen LogP contribution < -0.4 is 10.6 Å². The van der Waals surface area contributed by atoms with Crippen molar-refractivity contribution in [2.75, 3.05) is 6.54 Å². The molecule has 0 aromatic heterocycles. The summed E-state index contributed by atoms with van der Waals surface area (Å²) in [5.41, 5.74) is 0.122. The predicted molar refractivity (Wildman–Crippen MR) is 69.3 cm³/mol. The van der Waals surface area contributed by atoms with Crippen LogP contribution in [-0.2, 0) is 0 Å². The van der Waals surface area contributed by atoms with Crippen LogP contribution in [0.25, 0.3) is 0 Å². The number of amides is 1. The maximum absolute atomic E-state index is 14.0. The molecule has 1 aromatic rings. The lowest BCUT2D eigenvalue weighted by Gasteiger charge is -2.17.